The zero-order chi connectivity index (χ0) is 20.9. The highest BCUT2D eigenvalue weighted by Crippen LogP contribution is 2.52. The molecule has 3 unspecified atom stereocenters. The third kappa shape index (κ3) is 2.81. The SMILES string of the molecule is COc1c2c(c(OC)c3c(OC)cccc13)CC1CCC(O)(C(C)=O)CC1C2=O. The molecule has 0 aliphatic heterocycles. The Morgan fingerprint density at radius 1 is 1.14 bits per heavy atom. The number of ketones is 2. The number of rotatable bonds is 4. The number of ether oxygens (including phenoxy) is 3. The predicted octanol–water partition coefficient (Wildman–Crippen LogP) is 3.34. The summed E-state index contributed by atoms with van der Waals surface area (Å²) < 4.78 is 17.1. The first-order valence-electron chi connectivity index (χ1n) is 9.87. The molecule has 0 bridgehead atoms. The summed E-state index contributed by atoms with van der Waals surface area (Å²) in [5.41, 5.74) is -0.105. The van der Waals surface area contributed by atoms with Crippen molar-refractivity contribution < 1.29 is 28.9 Å². The normalized spacial score (nSPS) is 25.9. The predicted molar refractivity (Wildman–Crippen MR) is 108 cm³/mol. The van der Waals surface area contributed by atoms with E-state index in [1.165, 1.54) is 6.92 Å². The van der Waals surface area contributed by atoms with Gasteiger partial charge in [0, 0.05) is 16.9 Å². The smallest absolute Gasteiger partial charge is 0.170 e. The highest BCUT2D eigenvalue weighted by molar-refractivity contribution is 6.12. The molecule has 1 fully saturated rings. The van der Waals surface area contributed by atoms with Crippen molar-refractivity contribution >= 4 is 22.3 Å². The van der Waals surface area contributed by atoms with E-state index in [1.807, 2.05) is 18.2 Å². The van der Waals surface area contributed by atoms with Crippen molar-refractivity contribution in [3.05, 3.63) is 29.3 Å². The molecule has 2 aromatic rings. The zero-order valence-electron chi connectivity index (χ0n) is 17.2. The van der Waals surface area contributed by atoms with E-state index < -0.39 is 11.5 Å². The summed E-state index contributed by atoms with van der Waals surface area (Å²) in [7, 11) is 4.75. The van der Waals surface area contributed by atoms with Crippen LogP contribution in [0.15, 0.2) is 18.2 Å². The van der Waals surface area contributed by atoms with Gasteiger partial charge in [-0.1, -0.05) is 12.1 Å². The van der Waals surface area contributed by atoms with Crippen LogP contribution in [0.1, 0.15) is 42.1 Å². The Morgan fingerprint density at radius 3 is 2.48 bits per heavy atom. The average molecular weight is 398 g/mol. The summed E-state index contributed by atoms with van der Waals surface area (Å²) in [5, 5.41) is 12.3. The Bertz CT molecular complexity index is 1010. The van der Waals surface area contributed by atoms with Gasteiger partial charge >= 0.3 is 0 Å². The van der Waals surface area contributed by atoms with Crippen molar-refractivity contribution in [3.8, 4) is 17.2 Å². The molecule has 2 aromatic carbocycles. The number of carbonyl (C=O) groups excluding carboxylic acids is 2. The first-order chi connectivity index (χ1) is 13.9. The van der Waals surface area contributed by atoms with Gasteiger partial charge in [0.1, 0.15) is 22.8 Å². The molecule has 3 atom stereocenters. The summed E-state index contributed by atoms with van der Waals surface area (Å²) >= 11 is 0. The molecular formula is C23H26O6. The number of carbonyl (C=O) groups is 2. The molecule has 2 aliphatic rings. The fraction of sp³-hybridized carbons (Fsp3) is 0.478. The topological polar surface area (TPSA) is 82.1 Å². The first-order valence-corrected chi connectivity index (χ1v) is 9.87. The molecule has 0 saturated heterocycles. The molecule has 0 radical (unpaired) electrons. The molecule has 1 saturated carbocycles. The lowest BCUT2D eigenvalue weighted by molar-refractivity contribution is -0.140. The van der Waals surface area contributed by atoms with Crippen LogP contribution in [-0.2, 0) is 11.2 Å². The van der Waals surface area contributed by atoms with Gasteiger partial charge in [-0.15, -0.1) is 0 Å². The van der Waals surface area contributed by atoms with E-state index in [2.05, 4.69) is 0 Å². The number of hydrogen-bond donors (Lipinski definition) is 1. The molecule has 6 heteroatoms. The molecule has 154 valence electrons. The van der Waals surface area contributed by atoms with Crippen molar-refractivity contribution in [2.24, 2.45) is 11.8 Å². The van der Waals surface area contributed by atoms with Crippen molar-refractivity contribution in [1.82, 2.24) is 0 Å². The Morgan fingerprint density at radius 2 is 1.86 bits per heavy atom. The largest absolute Gasteiger partial charge is 0.496 e. The minimum absolute atomic E-state index is 0.0559. The summed E-state index contributed by atoms with van der Waals surface area (Å²) in [4.78, 5) is 25.6. The summed E-state index contributed by atoms with van der Waals surface area (Å²) in [6.45, 7) is 1.39. The van der Waals surface area contributed by atoms with Crippen LogP contribution in [0.3, 0.4) is 0 Å². The van der Waals surface area contributed by atoms with Gasteiger partial charge in [0.15, 0.2) is 11.6 Å². The van der Waals surface area contributed by atoms with E-state index in [9.17, 15) is 14.7 Å². The molecule has 0 aromatic heterocycles. The lowest BCUT2D eigenvalue weighted by Crippen LogP contribution is -2.48. The van der Waals surface area contributed by atoms with Crippen LogP contribution < -0.4 is 14.2 Å². The van der Waals surface area contributed by atoms with E-state index in [-0.39, 0.29) is 23.9 Å². The molecule has 2 aliphatic carbocycles. The van der Waals surface area contributed by atoms with Crippen LogP contribution in [0.5, 0.6) is 17.2 Å². The van der Waals surface area contributed by atoms with Crippen molar-refractivity contribution in [2.45, 2.75) is 38.2 Å². The molecule has 1 N–H and O–H groups in total. The third-order valence-corrected chi connectivity index (χ3v) is 6.69. The highest BCUT2D eigenvalue weighted by atomic mass is 16.5. The second kappa shape index (κ2) is 7.02. The minimum Gasteiger partial charge on any atom is -0.496 e. The zero-order valence-corrected chi connectivity index (χ0v) is 17.2. The molecule has 0 spiro atoms. The van der Waals surface area contributed by atoms with Gasteiger partial charge < -0.3 is 19.3 Å². The van der Waals surface area contributed by atoms with Crippen LogP contribution in [0, 0.1) is 11.8 Å². The van der Waals surface area contributed by atoms with Crippen LogP contribution in [0.2, 0.25) is 0 Å². The molecule has 0 amide bonds. The number of benzene rings is 2. The second-order valence-electron chi connectivity index (χ2n) is 8.07. The third-order valence-electron chi connectivity index (χ3n) is 6.69. The number of hydrogen-bond acceptors (Lipinski definition) is 6. The van der Waals surface area contributed by atoms with E-state index >= 15 is 0 Å². The van der Waals surface area contributed by atoms with Gasteiger partial charge in [0.25, 0.3) is 0 Å². The lowest BCUT2D eigenvalue weighted by atomic mass is 9.62. The molecule has 4 rings (SSSR count). The minimum atomic E-state index is -1.42. The Balaban J connectivity index is 1.96. The molecule has 6 nitrogen and oxygen atoms in total. The van der Waals surface area contributed by atoms with Crippen LogP contribution in [0.25, 0.3) is 10.8 Å². The highest BCUT2D eigenvalue weighted by Gasteiger charge is 2.49. The number of aliphatic hydroxyl groups is 1. The Labute approximate surface area is 169 Å². The van der Waals surface area contributed by atoms with Gasteiger partial charge in [0.05, 0.1) is 32.3 Å². The maximum atomic E-state index is 13.6. The van der Waals surface area contributed by atoms with Gasteiger partial charge in [-0.3, -0.25) is 9.59 Å². The van der Waals surface area contributed by atoms with Crippen molar-refractivity contribution in [3.63, 3.8) is 0 Å². The maximum absolute atomic E-state index is 13.6. The van der Waals surface area contributed by atoms with Gasteiger partial charge in [-0.05, 0) is 44.6 Å². The van der Waals surface area contributed by atoms with Gasteiger partial charge in [-0.2, -0.15) is 0 Å². The Kier molecular flexibility index (Phi) is 4.77. The van der Waals surface area contributed by atoms with Gasteiger partial charge in [-0.25, -0.2) is 0 Å². The second-order valence-corrected chi connectivity index (χ2v) is 8.07. The Hall–Kier alpha value is -2.60. The van der Waals surface area contributed by atoms with Crippen LogP contribution in [-0.4, -0.2) is 43.6 Å². The van der Waals surface area contributed by atoms with E-state index in [0.717, 1.165) is 16.3 Å². The van der Waals surface area contributed by atoms with Crippen molar-refractivity contribution in [2.75, 3.05) is 21.3 Å². The molecular weight excluding hydrogens is 372 g/mol. The average Bonchev–Trinajstić information content (AvgIpc) is 2.72. The van der Waals surface area contributed by atoms with Crippen molar-refractivity contribution in [1.29, 1.82) is 0 Å². The monoisotopic (exact) mass is 398 g/mol. The fourth-order valence-electron chi connectivity index (χ4n) is 5.13. The van der Waals surface area contributed by atoms with E-state index in [0.29, 0.717) is 42.1 Å². The first kappa shape index (κ1) is 19.7. The molecule has 29 heavy (non-hydrogen) atoms. The molecule has 0 heterocycles. The number of methoxy groups -OCH3 is 3. The fourth-order valence-corrected chi connectivity index (χ4v) is 5.13. The lowest BCUT2D eigenvalue weighted by Gasteiger charge is -2.42. The quantitative estimate of drug-likeness (QED) is 0.851. The van der Waals surface area contributed by atoms with Gasteiger partial charge in [0.2, 0.25) is 0 Å². The number of Topliss-reactive ketones (excluding diaryl/α,β-unsaturated/α-hetero) is 2. The van der Waals surface area contributed by atoms with Crippen LogP contribution in [0.4, 0.5) is 0 Å². The summed E-state index contributed by atoms with van der Waals surface area (Å²) in [6.07, 6.45) is 1.78. The standard InChI is InChI=1S/C23H26O6/c1-12(24)23(26)9-8-13-10-15-19(20(25)16(13)11-23)21(28-3)14-6-5-7-17(27-2)18(14)22(15)29-4/h5-7,13,16,26H,8-11H2,1-4H3. The van der Waals surface area contributed by atoms with E-state index in [4.69, 9.17) is 14.2 Å². The summed E-state index contributed by atoms with van der Waals surface area (Å²) in [5.74, 6) is 1.07. The number of fused-ring (bicyclic) bond motifs is 3. The maximum Gasteiger partial charge on any atom is 0.170 e. The van der Waals surface area contributed by atoms with E-state index in [1.54, 1.807) is 21.3 Å². The van der Waals surface area contributed by atoms with Crippen LogP contribution >= 0.6 is 0 Å². The summed E-state index contributed by atoms with van der Waals surface area (Å²) in [6, 6.07) is 5.59.